The van der Waals surface area contributed by atoms with E-state index in [0.29, 0.717) is 6.61 Å². The number of nitrogens with one attached hydrogen (secondary N) is 1. The van der Waals surface area contributed by atoms with Crippen LogP contribution in [0.2, 0.25) is 0 Å². The number of carbonyl (C=O) groups excluding carboxylic acids is 2. The van der Waals surface area contributed by atoms with Crippen molar-refractivity contribution in [2.45, 2.75) is 52.4 Å². The molecular formula is C21H40IN5O3. The first-order valence-electron chi connectivity index (χ1n) is 11.3. The summed E-state index contributed by atoms with van der Waals surface area (Å²) in [5.74, 6) is 0.826. The van der Waals surface area contributed by atoms with Gasteiger partial charge in [-0.2, -0.15) is 0 Å². The first kappa shape index (κ1) is 26.9. The molecule has 0 aliphatic carbocycles. The van der Waals surface area contributed by atoms with E-state index in [1.807, 2.05) is 6.92 Å². The van der Waals surface area contributed by atoms with Gasteiger partial charge < -0.3 is 25.6 Å². The number of piperidine rings is 2. The van der Waals surface area contributed by atoms with Gasteiger partial charge in [0.1, 0.15) is 0 Å². The van der Waals surface area contributed by atoms with E-state index in [1.54, 1.807) is 0 Å². The van der Waals surface area contributed by atoms with Crippen LogP contribution in [0.4, 0.5) is 0 Å². The third-order valence-corrected chi connectivity index (χ3v) is 5.88. The maximum Gasteiger partial charge on any atom is 0.309 e. The second-order valence-corrected chi connectivity index (χ2v) is 7.97. The monoisotopic (exact) mass is 537 g/mol. The van der Waals surface area contributed by atoms with Gasteiger partial charge in [-0.3, -0.25) is 14.6 Å². The maximum atomic E-state index is 11.9. The van der Waals surface area contributed by atoms with Crippen molar-refractivity contribution in [1.29, 1.82) is 0 Å². The van der Waals surface area contributed by atoms with E-state index >= 15 is 0 Å². The normalized spacial score (nSPS) is 19.3. The lowest BCUT2D eigenvalue weighted by atomic mass is 9.96. The second kappa shape index (κ2) is 14.8. The van der Waals surface area contributed by atoms with Gasteiger partial charge in [0.05, 0.1) is 12.5 Å². The number of ether oxygens (including phenoxy) is 1. The average molecular weight is 537 g/mol. The predicted molar refractivity (Wildman–Crippen MR) is 130 cm³/mol. The van der Waals surface area contributed by atoms with Crippen LogP contribution < -0.4 is 11.1 Å². The van der Waals surface area contributed by atoms with Gasteiger partial charge in [-0.15, -0.1) is 24.0 Å². The van der Waals surface area contributed by atoms with Gasteiger partial charge in [0.15, 0.2) is 5.96 Å². The Morgan fingerprint density at radius 2 is 1.67 bits per heavy atom. The molecule has 0 bridgehead atoms. The Bertz CT molecular complexity index is 545. The number of nitrogens with zero attached hydrogens (tertiary/aromatic N) is 3. The molecule has 2 heterocycles. The third kappa shape index (κ3) is 8.95. The first-order chi connectivity index (χ1) is 14.0. The molecule has 30 heavy (non-hydrogen) atoms. The number of nitrogens with two attached hydrogens (primary N) is 1. The number of carbonyl (C=O) groups is 2. The summed E-state index contributed by atoms with van der Waals surface area (Å²) in [6.45, 7) is 10.7. The molecule has 0 aromatic heterocycles. The number of likely N-dealkylation sites (tertiary alicyclic amines) is 2. The lowest BCUT2D eigenvalue weighted by molar-refractivity contribution is -0.149. The largest absolute Gasteiger partial charge is 0.466 e. The van der Waals surface area contributed by atoms with E-state index < -0.39 is 0 Å². The van der Waals surface area contributed by atoms with Crippen molar-refractivity contribution in [3.63, 3.8) is 0 Å². The van der Waals surface area contributed by atoms with Crippen LogP contribution in [0.5, 0.6) is 0 Å². The van der Waals surface area contributed by atoms with Crippen molar-refractivity contribution in [3.8, 4) is 0 Å². The topological polar surface area (TPSA) is 100 Å². The van der Waals surface area contributed by atoms with Gasteiger partial charge in [0, 0.05) is 32.1 Å². The number of primary amides is 1. The van der Waals surface area contributed by atoms with Crippen LogP contribution in [0.3, 0.4) is 0 Å². The first-order valence-corrected chi connectivity index (χ1v) is 11.3. The number of unbranched alkanes of at least 4 members (excludes halogenated alkanes) is 1. The smallest absolute Gasteiger partial charge is 0.309 e. The maximum absolute atomic E-state index is 11.9. The summed E-state index contributed by atoms with van der Waals surface area (Å²) in [6.07, 6.45) is 5.58. The SMILES string of the molecule is CCNC(=NCCCCN1CCC(C(N)=O)CC1)N1CCC(C(=O)OCC)CC1.I. The second-order valence-electron chi connectivity index (χ2n) is 7.97. The summed E-state index contributed by atoms with van der Waals surface area (Å²) in [6, 6.07) is 0. The van der Waals surface area contributed by atoms with Crippen LogP contribution >= 0.6 is 24.0 Å². The molecule has 0 spiro atoms. The van der Waals surface area contributed by atoms with E-state index in [1.165, 1.54) is 0 Å². The molecule has 0 radical (unpaired) electrons. The van der Waals surface area contributed by atoms with Crippen LogP contribution in [-0.4, -0.2) is 80.1 Å². The molecule has 2 aliphatic heterocycles. The van der Waals surface area contributed by atoms with Crippen molar-refractivity contribution in [2.24, 2.45) is 22.6 Å². The zero-order valence-electron chi connectivity index (χ0n) is 18.6. The molecule has 2 saturated heterocycles. The van der Waals surface area contributed by atoms with Crippen molar-refractivity contribution >= 4 is 41.8 Å². The predicted octanol–water partition coefficient (Wildman–Crippen LogP) is 1.82. The highest BCUT2D eigenvalue weighted by Gasteiger charge is 2.27. The molecule has 8 nitrogen and oxygen atoms in total. The fourth-order valence-electron chi connectivity index (χ4n) is 4.09. The molecule has 174 valence electrons. The molecule has 2 fully saturated rings. The Morgan fingerprint density at radius 1 is 1.03 bits per heavy atom. The average Bonchev–Trinajstić information content (AvgIpc) is 2.73. The Kier molecular flexibility index (Phi) is 13.3. The molecule has 0 aromatic rings. The van der Waals surface area contributed by atoms with Crippen LogP contribution in [0.15, 0.2) is 4.99 Å². The Balaban J connectivity index is 0.00000450. The summed E-state index contributed by atoms with van der Waals surface area (Å²) in [4.78, 5) is 32.6. The number of guanidine groups is 1. The molecule has 0 atom stereocenters. The molecule has 3 N–H and O–H groups in total. The number of amides is 1. The third-order valence-electron chi connectivity index (χ3n) is 5.88. The number of aliphatic imine (C=N–C) groups is 1. The van der Waals surface area contributed by atoms with Crippen LogP contribution in [0.1, 0.15) is 52.4 Å². The zero-order valence-corrected chi connectivity index (χ0v) is 20.9. The minimum Gasteiger partial charge on any atom is -0.466 e. The van der Waals surface area contributed by atoms with Gasteiger partial charge in [-0.25, -0.2) is 0 Å². The Labute approximate surface area is 198 Å². The fraction of sp³-hybridized carbons (Fsp3) is 0.857. The molecule has 0 unspecified atom stereocenters. The van der Waals surface area contributed by atoms with Gasteiger partial charge in [-0.1, -0.05) is 0 Å². The lowest BCUT2D eigenvalue weighted by Gasteiger charge is -2.33. The number of esters is 1. The van der Waals surface area contributed by atoms with Crippen LogP contribution in [-0.2, 0) is 14.3 Å². The molecule has 0 saturated carbocycles. The molecule has 0 aromatic carbocycles. The highest BCUT2D eigenvalue weighted by molar-refractivity contribution is 14.0. The quantitative estimate of drug-likeness (QED) is 0.153. The van der Waals surface area contributed by atoms with E-state index in [0.717, 1.165) is 90.3 Å². The van der Waals surface area contributed by atoms with Gasteiger partial charge in [0.25, 0.3) is 0 Å². The van der Waals surface area contributed by atoms with E-state index in [-0.39, 0.29) is 47.7 Å². The molecule has 2 aliphatic rings. The fourth-order valence-corrected chi connectivity index (χ4v) is 4.09. The van der Waals surface area contributed by atoms with Crippen LogP contribution in [0.25, 0.3) is 0 Å². The molecule has 2 rings (SSSR count). The minimum atomic E-state index is -0.152. The van der Waals surface area contributed by atoms with Crippen LogP contribution in [0, 0.1) is 11.8 Å². The van der Waals surface area contributed by atoms with Crippen molar-refractivity contribution in [3.05, 3.63) is 0 Å². The lowest BCUT2D eigenvalue weighted by Crippen LogP contribution is -2.46. The highest BCUT2D eigenvalue weighted by Crippen LogP contribution is 2.19. The zero-order chi connectivity index (χ0) is 21.1. The van der Waals surface area contributed by atoms with E-state index in [2.05, 4.69) is 22.0 Å². The standard InChI is InChI=1S/C21H39N5O3.HI/c1-3-23-21(26-15-9-18(10-16-26)20(28)29-4-2)24-11-5-6-12-25-13-7-17(8-14-25)19(22)27;/h17-18H,3-16H2,1-2H3,(H2,22,27)(H,23,24);1H. The number of halogens is 1. The Hall–Kier alpha value is -1.10. The van der Waals surface area contributed by atoms with Crippen molar-refractivity contribution in [2.75, 3.05) is 52.4 Å². The minimum absolute atomic E-state index is 0. The van der Waals surface area contributed by atoms with Gasteiger partial charge in [-0.05, 0) is 72.0 Å². The summed E-state index contributed by atoms with van der Waals surface area (Å²) < 4.78 is 5.15. The highest BCUT2D eigenvalue weighted by atomic mass is 127. The summed E-state index contributed by atoms with van der Waals surface area (Å²) in [5.41, 5.74) is 5.40. The number of hydrogen-bond acceptors (Lipinski definition) is 5. The molecule has 9 heteroatoms. The summed E-state index contributed by atoms with van der Waals surface area (Å²) in [5, 5.41) is 3.38. The number of hydrogen-bond donors (Lipinski definition) is 2. The molecular weight excluding hydrogens is 497 g/mol. The van der Waals surface area contributed by atoms with Gasteiger partial charge >= 0.3 is 5.97 Å². The molecule has 1 amide bonds. The Morgan fingerprint density at radius 3 is 2.23 bits per heavy atom. The number of rotatable bonds is 9. The van der Waals surface area contributed by atoms with E-state index in [9.17, 15) is 9.59 Å². The summed E-state index contributed by atoms with van der Waals surface area (Å²) in [7, 11) is 0. The van der Waals surface area contributed by atoms with E-state index in [4.69, 9.17) is 15.5 Å². The van der Waals surface area contributed by atoms with Crippen molar-refractivity contribution in [1.82, 2.24) is 15.1 Å². The van der Waals surface area contributed by atoms with Gasteiger partial charge in [0.2, 0.25) is 5.91 Å². The summed E-state index contributed by atoms with van der Waals surface area (Å²) >= 11 is 0. The van der Waals surface area contributed by atoms with Crippen molar-refractivity contribution < 1.29 is 14.3 Å².